The zero-order valence-corrected chi connectivity index (χ0v) is 12.1. The van der Waals surface area contributed by atoms with Crippen molar-refractivity contribution < 1.29 is 9.47 Å². The van der Waals surface area contributed by atoms with Crippen LogP contribution in [-0.4, -0.2) is 28.0 Å². The SMILES string of the molecule is CCOc1ccc(OCC)c(NCc2nncn2C)c1. The molecule has 0 fully saturated rings. The average molecular weight is 276 g/mol. The fraction of sp³-hybridized carbons (Fsp3) is 0.429. The maximum atomic E-state index is 5.61. The molecule has 0 aliphatic heterocycles. The van der Waals surface area contributed by atoms with Crippen LogP contribution < -0.4 is 14.8 Å². The molecule has 1 N–H and O–H groups in total. The van der Waals surface area contributed by atoms with Gasteiger partial charge in [-0.1, -0.05) is 0 Å². The van der Waals surface area contributed by atoms with Crippen LogP contribution in [0.3, 0.4) is 0 Å². The van der Waals surface area contributed by atoms with E-state index in [9.17, 15) is 0 Å². The van der Waals surface area contributed by atoms with E-state index in [4.69, 9.17) is 9.47 Å². The monoisotopic (exact) mass is 276 g/mol. The summed E-state index contributed by atoms with van der Waals surface area (Å²) in [5, 5.41) is 11.2. The molecule has 20 heavy (non-hydrogen) atoms. The Morgan fingerprint density at radius 1 is 1.20 bits per heavy atom. The molecular formula is C14H20N4O2. The van der Waals surface area contributed by atoms with Gasteiger partial charge in [-0.25, -0.2) is 0 Å². The van der Waals surface area contributed by atoms with Crippen molar-refractivity contribution in [1.29, 1.82) is 0 Å². The van der Waals surface area contributed by atoms with Gasteiger partial charge >= 0.3 is 0 Å². The zero-order chi connectivity index (χ0) is 14.4. The summed E-state index contributed by atoms with van der Waals surface area (Å²) in [6.45, 7) is 5.75. The van der Waals surface area contributed by atoms with Gasteiger partial charge in [-0.05, 0) is 26.0 Å². The highest BCUT2D eigenvalue weighted by molar-refractivity contribution is 5.59. The van der Waals surface area contributed by atoms with Crippen LogP contribution in [0.4, 0.5) is 5.69 Å². The van der Waals surface area contributed by atoms with Crippen molar-refractivity contribution in [3.63, 3.8) is 0 Å². The van der Waals surface area contributed by atoms with Crippen molar-refractivity contribution in [3.8, 4) is 11.5 Å². The van der Waals surface area contributed by atoms with E-state index in [0.717, 1.165) is 23.0 Å². The lowest BCUT2D eigenvalue weighted by atomic mass is 10.2. The van der Waals surface area contributed by atoms with Gasteiger partial charge < -0.3 is 19.4 Å². The zero-order valence-electron chi connectivity index (χ0n) is 12.1. The van der Waals surface area contributed by atoms with Crippen LogP contribution in [0, 0.1) is 0 Å². The maximum Gasteiger partial charge on any atom is 0.151 e. The van der Waals surface area contributed by atoms with Crippen LogP contribution in [0.2, 0.25) is 0 Å². The summed E-state index contributed by atoms with van der Waals surface area (Å²) in [5.74, 6) is 2.48. The molecule has 108 valence electrons. The summed E-state index contributed by atoms with van der Waals surface area (Å²) in [6.07, 6.45) is 1.68. The number of nitrogens with zero attached hydrogens (tertiary/aromatic N) is 3. The fourth-order valence-corrected chi connectivity index (χ4v) is 1.83. The first-order chi connectivity index (χ1) is 9.74. The van der Waals surface area contributed by atoms with E-state index < -0.39 is 0 Å². The molecule has 1 heterocycles. The molecule has 6 nitrogen and oxygen atoms in total. The Balaban J connectivity index is 2.14. The van der Waals surface area contributed by atoms with Crippen molar-refractivity contribution in [1.82, 2.24) is 14.8 Å². The quantitative estimate of drug-likeness (QED) is 0.840. The van der Waals surface area contributed by atoms with Gasteiger partial charge in [-0.15, -0.1) is 10.2 Å². The highest BCUT2D eigenvalue weighted by atomic mass is 16.5. The summed E-state index contributed by atoms with van der Waals surface area (Å²) < 4.78 is 13.0. The number of rotatable bonds is 7. The Labute approximate surface area is 118 Å². The summed E-state index contributed by atoms with van der Waals surface area (Å²) >= 11 is 0. The molecular weight excluding hydrogens is 256 g/mol. The summed E-state index contributed by atoms with van der Waals surface area (Å²) in [7, 11) is 1.91. The molecule has 0 aliphatic rings. The summed E-state index contributed by atoms with van der Waals surface area (Å²) in [6, 6.07) is 5.75. The second-order valence-corrected chi connectivity index (χ2v) is 4.24. The molecule has 2 aromatic rings. The highest BCUT2D eigenvalue weighted by Gasteiger charge is 2.07. The average Bonchev–Trinajstić information content (AvgIpc) is 2.85. The molecule has 0 bridgehead atoms. The van der Waals surface area contributed by atoms with Crippen molar-refractivity contribution >= 4 is 5.69 Å². The van der Waals surface area contributed by atoms with Gasteiger partial charge in [-0.2, -0.15) is 0 Å². The third-order valence-corrected chi connectivity index (χ3v) is 2.80. The van der Waals surface area contributed by atoms with Gasteiger partial charge in [0.1, 0.15) is 17.8 Å². The van der Waals surface area contributed by atoms with Crippen molar-refractivity contribution in [2.24, 2.45) is 7.05 Å². The van der Waals surface area contributed by atoms with Gasteiger partial charge in [0, 0.05) is 13.1 Å². The molecule has 0 saturated carbocycles. The molecule has 0 atom stereocenters. The van der Waals surface area contributed by atoms with Crippen LogP contribution in [0.1, 0.15) is 19.7 Å². The molecule has 0 radical (unpaired) electrons. The number of anilines is 1. The molecule has 1 aromatic heterocycles. The van der Waals surface area contributed by atoms with E-state index >= 15 is 0 Å². The maximum absolute atomic E-state index is 5.61. The van der Waals surface area contributed by atoms with Crippen LogP contribution in [0.15, 0.2) is 24.5 Å². The number of ether oxygens (including phenoxy) is 2. The second-order valence-electron chi connectivity index (χ2n) is 4.24. The first-order valence-electron chi connectivity index (χ1n) is 6.71. The van der Waals surface area contributed by atoms with Gasteiger partial charge in [0.25, 0.3) is 0 Å². The predicted octanol–water partition coefficient (Wildman–Crippen LogP) is 2.22. The second kappa shape index (κ2) is 6.79. The largest absolute Gasteiger partial charge is 0.494 e. The van der Waals surface area contributed by atoms with Gasteiger partial charge in [-0.3, -0.25) is 0 Å². The number of aryl methyl sites for hydroxylation is 1. The minimum Gasteiger partial charge on any atom is -0.494 e. The topological polar surface area (TPSA) is 61.2 Å². The lowest BCUT2D eigenvalue weighted by molar-refractivity contribution is 0.332. The van der Waals surface area contributed by atoms with E-state index in [1.165, 1.54) is 0 Å². The number of benzene rings is 1. The molecule has 0 amide bonds. The number of aromatic nitrogens is 3. The Bertz CT molecular complexity index is 554. The lowest BCUT2D eigenvalue weighted by Crippen LogP contribution is -2.07. The van der Waals surface area contributed by atoms with Crippen LogP contribution in [0.25, 0.3) is 0 Å². The lowest BCUT2D eigenvalue weighted by Gasteiger charge is -2.14. The highest BCUT2D eigenvalue weighted by Crippen LogP contribution is 2.29. The van der Waals surface area contributed by atoms with Gasteiger partial charge in [0.2, 0.25) is 0 Å². The molecule has 0 saturated heterocycles. The van der Waals surface area contributed by atoms with Crippen LogP contribution >= 0.6 is 0 Å². The van der Waals surface area contributed by atoms with Crippen LogP contribution in [-0.2, 0) is 13.6 Å². The van der Waals surface area contributed by atoms with E-state index in [2.05, 4.69) is 15.5 Å². The smallest absolute Gasteiger partial charge is 0.151 e. The Hall–Kier alpha value is -2.24. The fourth-order valence-electron chi connectivity index (χ4n) is 1.83. The van der Waals surface area contributed by atoms with Gasteiger partial charge in [0.05, 0.1) is 25.4 Å². The van der Waals surface area contributed by atoms with Crippen LogP contribution in [0.5, 0.6) is 11.5 Å². The predicted molar refractivity (Wildman–Crippen MR) is 77.1 cm³/mol. The van der Waals surface area contributed by atoms with Crippen molar-refractivity contribution in [2.75, 3.05) is 18.5 Å². The molecule has 0 unspecified atom stereocenters. The Morgan fingerprint density at radius 2 is 2.00 bits per heavy atom. The minimum absolute atomic E-state index is 0.576. The Kier molecular flexibility index (Phi) is 4.81. The molecule has 6 heteroatoms. The molecule has 2 rings (SSSR count). The number of hydrogen-bond acceptors (Lipinski definition) is 5. The summed E-state index contributed by atoms with van der Waals surface area (Å²) in [4.78, 5) is 0. The Morgan fingerprint density at radius 3 is 2.65 bits per heavy atom. The van der Waals surface area contributed by atoms with E-state index in [1.54, 1.807) is 6.33 Å². The number of nitrogens with one attached hydrogen (secondary N) is 1. The van der Waals surface area contributed by atoms with Crippen molar-refractivity contribution in [2.45, 2.75) is 20.4 Å². The summed E-state index contributed by atoms with van der Waals surface area (Å²) in [5.41, 5.74) is 0.890. The molecule has 0 spiro atoms. The minimum atomic E-state index is 0.576. The standard InChI is InChI=1S/C14H20N4O2/c1-4-19-11-6-7-13(20-5-2)12(8-11)15-9-14-17-16-10-18(14)3/h6-8,10,15H,4-5,9H2,1-3H3. The first-order valence-corrected chi connectivity index (χ1v) is 6.71. The molecule has 0 aliphatic carbocycles. The third kappa shape index (κ3) is 3.40. The normalized spacial score (nSPS) is 10.3. The van der Waals surface area contributed by atoms with Crippen molar-refractivity contribution in [3.05, 3.63) is 30.4 Å². The number of hydrogen-bond donors (Lipinski definition) is 1. The first kappa shape index (κ1) is 14.2. The van der Waals surface area contributed by atoms with E-state index in [-0.39, 0.29) is 0 Å². The third-order valence-electron chi connectivity index (χ3n) is 2.80. The van der Waals surface area contributed by atoms with E-state index in [1.807, 2.05) is 43.7 Å². The van der Waals surface area contributed by atoms with E-state index in [0.29, 0.717) is 19.8 Å². The molecule has 1 aromatic carbocycles. The van der Waals surface area contributed by atoms with Gasteiger partial charge in [0.15, 0.2) is 5.82 Å².